The van der Waals surface area contributed by atoms with Crippen molar-refractivity contribution in [2.45, 2.75) is 111 Å². The topological polar surface area (TPSA) is 58.6 Å². The Balaban J connectivity index is 1.41. The van der Waals surface area contributed by atoms with Crippen LogP contribution in [0.15, 0.2) is 11.6 Å². The first-order chi connectivity index (χ1) is 16.2. The zero-order valence-electron chi connectivity index (χ0n) is 22.6. The van der Waals surface area contributed by atoms with Crippen LogP contribution in [0.4, 0.5) is 4.79 Å². The Morgan fingerprint density at radius 1 is 1.12 bits per heavy atom. The van der Waals surface area contributed by atoms with Crippen LogP contribution in [-0.2, 0) is 4.74 Å². The van der Waals surface area contributed by atoms with Gasteiger partial charge in [0.1, 0.15) is 6.10 Å². The number of carbonyl (C=O) groups is 1. The maximum absolute atomic E-state index is 12.0. The summed E-state index contributed by atoms with van der Waals surface area (Å²) < 4.78 is 5.69. The molecule has 4 heteroatoms. The molecule has 0 aromatic heterocycles. The average Bonchev–Trinajstić information content (AvgIpc) is 3.15. The molecule has 0 aliphatic heterocycles. The van der Waals surface area contributed by atoms with Gasteiger partial charge < -0.3 is 15.2 Å². The molecule has 1 amide bonds. The van der Waals surface area contributed by atoms with Crippen molar-refractivity contribution in [3.8, 4) is 0 Å². The smallest absolute Gasteiger partial charge is 0.407 e. The van der Waals surface area contributed by atoms with Gasteiger partial charge in [0, 0.05) is 13.0 Å². The van der Waals surface area contributed by atoms with E-state index in [1.165, 1.54) is 51.4 Å². The SMILES string of the molecule is CC(C)CCC[C@H](C)[C@@H]1CCC2C3CC=C4C[C@H](OC(=O)NCCO)CC[C@@]4(C)C3CCC21C. The molecule has 2 N–H and O–H groups in total. The van der Waals surface area contributed by atoms with E-state index in [4.69, 9.17) is 9.84 Å². The number of carbonyl (C=O) groups excluding carboxylic acids is 1. The Morgan fingerprint density at radius 2 is 1.91 bits per heavy atom. The number of alkyl carbamates (subject to hydrolysis) is 1. The minimum atomic E-state index is -0.384. The third kappa shape index (κ3) is 4.95. The van der Waals surface area contributed by atoms with E-state index in [1.54, 1.807) is 5.57 Å². The van der Waals surface area contributed by atoms with E-state index in [1.807, 2.05) is 0 Å². The largest absolute Gasteiger partial charge is 0.446 e. The van der Waals surface area contributed by atoms with Crippen LogP contribution < -0.4 is 5.32 Å². The molecule has 4 rings (SSSR count). The van der Waals surface area contributed by atoms with Gasteiger partial charge in [-0.05, 0) is 91.3 Å². The molecule has 0 bridgehead atoms. The Kier molecular flexibility index (Phi) is 8.06. The first-order valence-electron chi connectivity index (χ1n) is 14.4. The van der Waals surface area contributed by atoms with Crippen molar-refractivity contribution < 1.29 is 14.6 Å². The molecule has 4 aliphatic rings. The van der Waals surface area contributed by atoms with Gasteiger partial charge in [0.15, 0.2) is 0 Å². The molecule has 0 heterocycles. The molecule has 0 aromatic carbocycles. The molecule has 3 saturated carbocycles. The lowest BCUT2D eigenvalue weighted by Gasteiger charge is -2.58. The molecular weight excluding hydrogens is 422 g/mol. The molecule has 4 nitrogen and oxygen atoms in total. The van der Waals surface area contributed by atoms with Crippen molar-refractivity contribution in [3.05, 3.63) is 11.6 Å². The average molecular weight is 474 g/mol. The highest BCUT2D eigenvalue weighted by Gasteiger charge is 2.59. The van der Waals surface area contributed by atoms with E-state index < -0.39 is 0 Å². The van der Waals surface area contributed by atoms with Crippen LogP contribution >= 0.6 is 0 Å². The second kappa shape index (κ2) is 10.5. The molecule has 0 aromatic rings. The summed E-state index contributed by atoms with van der Waals surface area (Å²) in [7, 11) is 0. The Hall–Kier alpha value is -1.03. The second-order valence-corrected chi connectivity index (χ2v) is 13.2. The Labute approximate surface area is 208 Å². The maximum atomic E-state index is 12.0. The van der Waals surface area contributed by atoms with Gasteiger partial charge in [-0.25, -0.2) is 4.79 Å². The van der Waals surface area contributed by atoms with E-state index in [0.29, 0.717) is 5.41 Å². The molecule has 34 heavy (non-hydrogen) atoms. The van der Waals surface area contributed by atoms with Gasteiger partial charge in [0.2, 0.25) is 0 Å². The monoisotopic (exact) mass is 473 g/mol. The number of ether oxygens (including phenoxy) is 1. The van der Waals surface area contributed by atoms with Crippen LogP contribution in [0, 0.1) is 46.3 Å². The fraction of sp³-hybridized carbons (Fsp3) is 0.900. The summed E-state index contributed by atoms with van der Waals surface area (Å²) in [4.78, 5) is 12.0. The summed E-state index contributed by atoms with van der Waals surface area (Å²) in [5, 5.41) is 11.6. The zero-order valence-corrected chi connectivity index (χ0v) is 22.6. The normalized spacial score (nSPS) is 40.1. The molecule has 4 aliphatic carbocycles. The molecule has 0 spiro atoms. The van der Waals surface area contributed by atoms with Gasteiger partial charge >= 0.3 is 6.09 Å². The van der Waals surface area contributed by atoms with Crippen LogP contribution in [0.2, 0.25) is 0 Å². The van der Waals surface area contributed by atoms with Crippen LogP contribution in [0.3, 0.4) is 0 Å². The maximum Gasteiger partial charge on any atom is 0.407 e. The molecule has 0 saturated heterocycles. The summed E-state index contributed by atoms with van der Waals surface area (Å²) in [6.07, 6.45) is 16.2. The lowest BCUT2D eigenvalue weighted by Crippen LogP contribution is -2.51. The Bertz CT molecular complexity index is 747. The highest BCUT2D eigenvalue weighted by atomic mass is 16.6. The van der Waals surface area contributed by atoms with Crippen LogP contribution in [-0.4, -0.2) is 30.5 Å². The highest BCUT2D eigenvalue weighted by molar-refractivity contribution is 5.67. The zero-order chi connectivity index (χ0) is 24.5. The number of amides is 1. The van der Waals surface area contributed by atoms with E-state index in [9.17, 15) is 4.79 Å². The fourth-order valence-corrected chi connectivity index (χ4v) is 9.10. The molecule has 8 atom stereocenters. The molecule has 3 fully saturated rings. The number of rotatable bonds is 8. The third-order valence-electron chi connectivity index (χ3n) is 10.9. The molecule has 4 unspecified atom stereocenters. The number of allylic oxidation sites excluding steroid dienone is 1. The predicted octanol–water partition coefficient (Wildman–Crippen LogP) is 7.11. The molecule has 0 radical (unpaired) electrons. The van der Waals surface area contributed by atoms with E-state index >= 15 is 0 Å². The first kappa shape index (κ1) is 26.0. The van der Waals surface area contributed by atoms with Gasteiger partial charge in [-0.1, -0.05) is 65.5 Å². The van der Waals surface area contributed by atoms with Crippen molar-refractivity contribution in [2.75, 3.05) is 13.2 Å². The van der Waals surface area contributed by atoms with Gasteiger partial charge in [0.25, 0.3) is 0 Å². The standard InChI is InChI=1S/C30H51NO3/c1-20(2)7-6-8-21(3)25-11-12-26-24-10-9-22-19-23(34-28(33)31-17-18-32)13-15-29(22,4)27(24)14-16-30(25,26)5/h9,20-21,23-27,32H,6-8,10-19H2,1-5H3,(H,31,33)/t21-,23+,24?,25-,26?,27?,29+,30?/m0/s1. The number of nitrogens with one attached hydrogen (secondary N) is 1. The number of hydrogen-bond donors (Lipinski definition) is 2. The predicted molar refractivity (Wildman–Crippen MR) is 138 cm³/mol. The van der Waals surface area contributed by atoms with Crippen molar-refractivity contribution in [1.29, 1.82) is 0 Å². The summed E-state index contributed by atoms with van der Waals surface area (Å²) in [6.45, 7) is 12.7. The lowest BCUT2D eigenvalue weighted by molar-refractivity contribution is -0.0581. The summed E-state index contributed by atoms with van der Waals surface area (Å²) in [5.74, 6) is 5.12. The number of aliphatic hydroxyl groups is 1. The fourth-order valence-electron chi connectivity index (χ4n) is 9.10. The van der Waals surface area contributed by atoms with Gasteiger partial charge in [0.05, 0.1) is 6.61 Å². The van der Waals surface area contributed by atoms with Crippen LogP contribution in [0.5, 0.6) is 0 Å². The van der Waals surface area contributed by atoms with Crippen LogP contribution in [0.25, 0.3) is 0 Å². The van der Waals surface area contributed by atoms with Gasteiger partial charge in [-0.2, -0.15) is 0 Å². The minimum Gasteiger partial charge on any atom is -0.446 e. The molecule has 194 valence electrons. The van der Waals surface area contributed by atoms with Gasteiger partial charge in [-0.15, -0.1) is 0 Å². The minimum absolute atomic E-state index is 0.0222. The third-order valence-corrected chi connectivity index (χ3v) is 10.9. The van der Waals surface area contributed by atoms with Crippen molar-refractivity contribution in [3.63, 3.8) is 0 Å². The number of hydrogen-bond acceptors (Lipinski definition) is 3. The van der Waals surface area contributed by atoms with Crippen molar-refractivity contribution >= 4 is 6.09 Å². The summed E-state index contributed by atoms with van der Waals surface area (Å²) in [5.41, 5.74) is 2.37. The van der Waals surface area contributed by atoms with E-state index in [2.05, 4.69) is 46.0 Å². The summed E-state index contributed by atoms with van der Waals surface area (Å²) in [6, 6.07) is 0. The lowest BCUT2D eigenvalue weighted by atomic mass is 9.47. The Morgan fingerprint density at radius 3 is 2.65 bits per heavy atom. The number of aliphatic hydroxyl groups excluding tert-OH is 1. The van der Waals surface area contributed by atoms with E-state index in [0.717, 1.165) is 54.8 Å². The van der Waals surface area contributed by atoms with Gasteiger partial charge in [-0.3, -0.25) is 0 Å². The highest BCUT2D eigenvalue weighted by Crippen LogP contribution is 2.67. The number of fused-ring (bicyclic) bond motifs is 5. The van der Waals surface area contributed by atoms with Crippen molar-refractivity contribution in [1.82, 2.24) is 5.32 Å². The molecular formula is C30H51NO3. The van der Waals surface area contributed by atoms with Crippen LogP contribution in [0.1, 0.15) is 105 Å². The van der Waals surface area contributed by atoms with E-state index in [-0.39, 0.29) is 30.8 Å². The second-order valence-electron chi connectivity index (χ2n) is 13.2. The first-order valence-corrected chi connectivity index (χ1v) is 14.4. The van der Waals surface area contributed by atoms with Crippen molar-refractivity contribution in [2.24, 2.45) is 46.3 Å². The summed E-state index contributed by atoms with van der Waals surface area (Å²) >= 11 is 0. The quantitative estimate of drug-likeness (QED) is 0.369.